The Morgan fingerprint density at radius 2 is 1.52 bits per heavy atom. The van der Waals surface area contributed by atoms with Gasteiger partial charge in [0.25, 0.3) is 0 Å². The van der Waals surface area contributed by atoms with Crippen LogP contribution in [0.4, 0.5) is 5.82 Å². The molecule has 2 aromatic rings. The molecule has 2 saturated heterocycles. The van der Waals surface area contributed by atoms with E-state index in [9.17, 15) is 9.59 Å². The third-order valence-corrected chi connectivity index (χ3v) is 6.97. The minimum Gasteiger partial charge on any atom is -0.352 e. The smallest absolute Gasteiger partial charge is 0.223 e. The molecule has 2 amide bonds. The molecule has 0 bridgehead atoms. The second-order valence-electron chi connectivity index (χ2n) is 6.86. The van der Waals surface area contributed by atoms with Crippen LogP contribution >= 0.6 is 23.3 Å². The van der Waals surface area contributed by atoms with Crippen LogP contribution in [-0.2, 0) is 9.59 Å². The standard InChI is InChI=1S/C19H24N4O2S2/c24-17(5-6-18(25)22-11-13-26-14-12-22)21-7-9-23(10-8-21)19-15-3-1-2-4-16(15)27-20-19/h1-4H,5-14H2. The zero-order chi connectivity index (χ0) is 18.6. The molecule has 0 N–H and O–H groups in total. The van der Waals surface area contributed by atoms with Crippen molar-refractivity contribution in [2.75, 3.05) is 55.7 Å². The number of thioether (sulfide) groups is 1. The number of aromatic nitrogens is 1. The molecule has 0 atom stereocenters. The van der Waals surface area contributed by atoms with Crippen LogP contribution in [0.15, 0.2) is 24.3 Å². The normalized spacial score (nSPS) is 18.1. The van der Waals surface area contributed by atoms with Gasteiger partial charge < -0.3 is 14.7 Å². The van der Waals surface area contributed by atoms with E-state index in [1.54, 1.807) is 0 Å². The van der Waals surface area contributed by atoms with Crippen LogP contribution in [0.5, 0.6) is 0 Å². The average Bonchev–Trinajstić information content (AvgIpc) is 3.16. The topological polar surface area (TPSA) is 56.8 Å². The van der Waals surface area contributed by atoms with Crippen molar-refractivity contribution >= 4 is 51.0 Å². The number of benzene rings is 1. The van der Waals surface area contributed by atoms with Crippen molar-refractivity contribution in [3.05, 3.63) is 24.3 Å². The van der Waals surface area contributed by atoms with Gasteiger partial charge in [0.15, 0.2) is 0 Å². The number of amides is 2. The van der Waals surface area contributed by atoms with Gasteiger partial charge in [-0.15, -0.1) is 0 Å². The van der Waals surface area contributed by atoms with E-state index in [-0.39, 0.29) is 11.8 Å². The number of fused-ring (bicyclic) bond motifs is 1. The van der Waals surface area contributed by atoms with Gasteiger partial charge in [0, 0.05) is 69.0 Å². The average molecular weight is 405 g/mol. The Labute approximate surface area is 167 Å². The van der Waals surface area contributed by atoms with Gasteiger partial charge in [-0.1, -0.05) is 12.1 Å². The van der Waals surface area contributed by atoms with Gasteiger partial charge in [0.05, 0.1) is 4.70 Å². The molecular formula is C19H24N4O2S2. The SMILES string of the molecule is O=C(CCC(=O)N1CCN(c2nsc3ccccc23)CC1)N1CCSCC1. The van der Waals surface area contributed by atoms with Crippen molar-refractivity contribution in [1.82, 2.24) is 14.2 Å². The molecule has 0 radical (unpaired) electrons. The molecule has 144 valence electrons. The van der Waals surface area contributed by atoms with Crippen LogP contribution in [0, 0.1) is 0 Å². The van der Waals surface area contributed by atoms with Crippen molar-refractivity contribution in [2.24, 2.45) is 0 Å². The first-order chi connectivity index (χ1) is 13.2. The lowest BCUT2D eigenvalue weighted by molar-refractivity contribution is -0.137. The van der Waals surface area contributed by atoms with Crippen LogP contribution in [-0.4, -0.2) is 76.8 Å². The predicted molar refractivity (Wildman–Crippen MR) is 112 cm³/mol. The van der Waals surface area contributed by atoms with Crippen LogP contribution in [0.2, 0.25) is 0 Å². The van der Waals surface area contributed by atoms with Crippen LogP contribution in [0.25, 0.3) is 10.1 Å². The summed E-state index contributed by atoms with van der Waals surface area (Å²) in [6.07, 6.45) is 0.655. The van der Waals surface area contributed by atoms with Crippen LogP contribution in [0.3, 0.4) is 0 Å². The summed E-state index contributed by atoms with van der Waals surface area (Å²) in [7, 11) is 0. The highest BCUT2D eigenvalue weighted by atomic mass is 32.2. The zero-order valence-corrected chi connectivity index (χ0v) is 16.9. The number of piperazine rings is 1. The molecule has 0 saturated carbocycles. The van der Waals surface area contributed by atoms with Gasteiger partial charge in [-0.2, -0.15) is 16.1 Å². The maximum absolute atomic E-state index is 12.5. The van der Waals surface area contributed by atoms with E-state index in [1.807, 2.05) is 33.7 Å². The molecule has 27 heavy (non-hydrogen) atoms. The first kappa shape index (κ1) is 18.6. The lowest BCUT2D eigenvalue weighted by atomic mass is 10.2. The summed E-state index contributed by atoms with van der Waals surface area (Å²) in [5, 5.41) is 1.19. The van der Waals surface area contributed by atoms with E-state index in [2.05, 4.69) is 21.4 Å². The van der Waals surface area contributed by atoms with Gasteiger partial charge in [-0.3, -0.25) is 9.59 Å². The number of carbonyl (C=O) groups excluding carboxylic acids is 2. The third kappa shape index (κ3) is 4.21. The molecule has 8 heteroatoms. The number of anilines is 1. The molecule has 6 nitrogen and oxygen atoms in total. The van der Waals surface area contributed by atoms with Crippen molar-refractivity contribution in [1.29, 1.82) is 0 Å². The highest BCUT2D eigenvalue weighted by molar-refractivity contribution is 7.99. The first-order valence-corrected chi connectivity index (χ1v) is 11.4. The fourth-order valence-electron chi connectivity index (χ4n) is 3.61. The summed E-state index contributed by atoms with van der Waals surface area (Å²) in [5.41, 5.74) is 0. The highest BCUT2D eigenvalue weighted by Crippen LogP contribution is 2.29. The second-order valence-corrected chi connectivity index (χ2v) is 8.89. The number of rotatable bonds is 4. The second kappa shape index (κ2) is 8.48. The minimum absolute atomic E-state index is 0.0949. The Kier molecular flexibility index (Phi) is 5.83. The molecular weight excluding hydrogens is 380 g/mol. The van der Waals surface area contributed by atoms with Crippen molar-refractivity contribution in [3.63, 3.8) is 0 Å². The summed E-state index contributed by atoms with van der Waals surface area (Å²) in [6, 6.07) is 8.27. The minimum atomic E-state index is 0.0949. The quantitative estimate of drug-likeness (QED) is 0.783. The molecule has 1 aromatic carbocycles. The highest BCUT2D eigenvalue weighted by Gasteiger charge is 2.25. The molecule has 2 fully saturated rings. The van der Waals surface area contributed by atoms with Crippen molar-refractivity contribution in [2.45, 2.75) is 12.8 Å². The monoisotopic (exact) mass is 404 g/mol. The zero-order valence-electron chi connectivity index (χ0n) is 15.3. The Balaban J connectivity index is 1.27. The van der Waals surface area contributed by atoms with E-state index in [0.717, 1.165) is 43.5 Å². The molecule has 4 rings (SSSR count). The lowest BCUT2D eigenvalue weighted by Gasteiger charge is -2.35. The summed E-state index contributed by atoms with van der Waals surface area (Å²) in [5.74, 6) is 3.26. The molecule has 1 aromatic heterocycles. The van der Waals surface area contributed by atoms with Crippen molar-refractivity contribution < 1.29 is 9.59 Å². The number of carbonyl (C=O) groups is 2. The fraction of sp³-hybridized carbons (Fsp3) is 0.526. The Morgan fingerprint density at radius 3 is 2.22 bits per heavy atom. The molecule has 2 aliphatic rings. The van der Waals surface area contributed by atoms with Gasteiger partial charge in [0.1, 0.15) is 5.82 Å². The maximum atomic E-state index is 12.5. The lowest BCUT2D eigenvalue weighted by Crippen LogP contribution is -2.49. The maximum Gasteiger partial charge on any atom is 0.223 e. The van der Waals surface area contributed by atoms with Crippen LogP contribution < -0.4 is 4.90 Å². The van der Waals surface area contributed by atoms with Crippen molar-refractivity contribution in [3.8, 4) is 0 Å². The van der Waals surface area contributed by atoms with E-state index in [1.165, 1.54) is 21.6 Å². The molecule has 0 unspecified atom stereocenters. The van der Waals surface area contributed by atoms with Gasteiger partial charge in [-0.25, -0.2) is 0 Å². The fourth-order valence-corrected chi connectivity index (χ4v) is 5.31. The number of hydrogen-bond acceptors (Lipinski definition) is 6. The summed E-state index contributed by atoms with van der Waals surface area (Å²) >= 11 is 3.41. The van der Waals surface area contributed by atoms with E-state index < -0.39 is 0 Å². The van der Waals surface area contributed by atoms with Gasteiger partial charge >= 0.3 is 0 Å². The van der Waals surface area contributed by atoms with E-state index >= 15 is 0 Å². The van der Waals surface area contributed by atoms with Gasteiger partial charge in [0.2, 0.25) is 11.8 Å². The first-order valence-electron chi connectivity index (χ1n) is 9.45. The third-order valence-electron chi connectivity index (χ3n) is 5.21. The molecule has 0 spiro atoms. The summed E-state index contributed by atoms with van der Waals surface area (Å²) in [4.78, 5) is 30.8. The molecule has 3 heterocycles. The van der Waals surface area contributed by atoms with E-state index in [4.69, 9.17) is 0 Å². The summed E-state index contributed by atoms with van der Waals surface area (Å²) in [6.45, 7) is 4.60. The molecule has 0 aliphatic carbocycles. The van der Waals surface area contributed by atoms with E-state index in [0.29, 0.717) is 25.9 Å². The van der Waals surface area contributed by atoms with Crippen LogP contribution in [0.1, 0.15) is 12.8 Å². The number of nitrogens with zero attached hydrogens (tertiary/aromatic N) is 4. The predicted octanol–water partition coefficient (Wildman–Crippen LogP) is 2.30. The Morgan fingerprint density at radius 1 is 0.889 bits per heavy atom. The number of hydrogen-bond donors (Lipinski definition) is 0. The summed E-state index contributed by atoms with van der Waals surface area (Å²) < 4.78 is 5.81. The largest absolute Gasteiger partial charge is 0.352 e. The molecule has 2 aliphatic heterocycles. The Bertz CT molecular complexity index is 811. The Hall–Kier alpha value is -1.80. The van der Waals surface area contributed by atoms with Gasteiger partial charge in [-0.05, 0) is 23.7 Å².